The van der Waals surface area contributed by atoms with Crippen molar-refractivity contribution in [2.75, 3.05) is 7.11 Å². The molecule has 74 valence electrons. The maximum Gasteiger partial charge on any atom is 0.318 e. The zero-order valence-electron chi connectivity index (χ0n) is 7.29. The molecule has 0 fully saturated rings. The number of alkyl halides is 1. The molecule has 0 rings (SSSR count). The number of hydrogen-bond donors (Lipinski definition) is 0. The zero-order chi connectivity index (χ0) is 10.3. The molecule has 0 saturated carbocycles. The molecule has 5 heteroatoms. The molecular weight excluding hydrogens is 287 g/mol. The first kappa shape index (κ1) is 12.4. The molecule has 13 heavy (non-hydrogen) atoms. The average molecular weight is 298 g/mol. The maximum atomic E-state index is 10.9. The van der Waals surface area contributed by atoms with E-state index in [2.05, 4.69) is 11.3 Å². The Labute approximate surface area is 90.4 Å². The topological polar surface area (TPSA) is 52.6 Å². The third-order valence-electron chi connectivity index (χ3n) is 1.13. The normalized spacial score (nSPS) is 11.5. The maximum absolute atomic E-state index is 10.9. The standard InChI is InChI=1S/C8H11IO4/c1-3-4-6(9)13-8(11)5-7(10)12-2/h3,6H,1,4-5H2,2H3. The molecular formula is C8H11IO4. The van der Waals surface area contributed by atoms with Crippen LogP contribution in [-0.2, 0) is 19.1 Å². The highest BCUT2D eigenvalue weighted by Crippen LogP contribution is 2.09. The number of halogens is 1. The van der Waals surface area contributed by atoms with Crippen LogP contribution in [0.2, 0.25) is 0 Å². The van der Waals surface area contributed by atoms with Gasteiger partial charge in [0.2, 0.25) is 0 Å². The van der Waals surface area contributed by atoms with Gasteiger partial charge in [0, 0.05) is 6.42 Å². The first-order chi connectivity index (χ1) is 6.10. The van der Waals surface area contributed by atoms with E-state index in [4.69, 9.17) is 4.74 Å². The molecule has 4 nitrogen and oxygen atoms in total. The van der Waals surface area contributed by atoms with Crippen molar-refractivity contribution in [1.82, 2.24) is 0 Å². The second-order valence-electron chi connectivity index (χ2n) is 2.18. The second-order valence-corrected chi connectivity index (χ2v) is 3.57. The van der Waals surface area contributed by atoms with Gasteiger partial charge in [-0.3, -0.25) is 9.59 Å². The molecule has 0 amide bonds. The van der Waals surface area contributed by atoms with E-state index < -0.39 is 11.9 Å². The Balaban J connectivity index is 3.73. The highest BCUT2D eigenvalue weighted by Gasteiger charge is 2.13. The molecule has 1 atom stereocenters. The molecule has 0 saturated heterocycles. The van der Waals surface area contributed by atoms with Crippen LogP contribution < -0.4 is 0 Å². The van der Waals surface area contributed by atoms with E-state index in [1.165, 1.54) is 7.11 Å². The van der Waals surface area contributed by atoms with Gasteiger partial charge in [0.1, 0.15) is 6.42 Å². The number of esters is 2. The van der Waals surface area contributed by atoms with E-state index >= 15 is 0 Å². The Hall–Kier alpha value is -0.590. The third kappa shape index (κ3) is 6.56. The minimum atomic E-state index is -0.591. The van der Waals surface area contributed by atoms with Crippen LogP contribution in [0.1, 0.15) is 12.8 Å². The molecule has 0 aliphatic carbocycles. The van der Waals surface area contributed by atoms with Crippen molar-refractivity contribution < 1.29 is 19.1 Å². The second kappa shape index (κ2) is 6.88. The summed E-state index contributed by atoms with van der Waals surface area (Å²) in [4.78, 5) is 21.6. The molecule has 0 aromatic heterocycles. The van der Waals surface area contributed by atoms with Crippen LogP contribution in [0.25, 0.3) is 0 Å². The Morgan fingerprint density at radius 3 is 2.62 bits per heavy atom. The number of ether oxygens (including phenoxy) is 2. The summed E-state index contributed by atoms with van der Waals surface area (Å²) in [6.07, 6.45) is 1.86. The molecule has 0 aliphatic heterocycles. The van der Waals surface area contributed by atoms with Gasteiger partial charge < -0.3 is 9.47 Å². The molecule has 0 N–H and O–H groups in total. The third-order valence-corrected chi connectivity index (χ3v) is 1.89. The first-order valence-electron chi connectivity index (χ1n) is 3.61. The fourth-order valence-electron chi connectivity index (χ4n) is 0.553. The lowest BCUT2D eigenvalue weighted by Gasteiger charge is -2.08. The Kier molecular flexibility index (Phi) is 6.56. The summed E-state index contributed by atoms with van der Waals surface area (Å²) in [6.45, 7) is 3.50. The summed E-state index contributed by atoms with van der Waals surface area (Å²) >= 11 is 1.95. The van der Waals surface area contributed by atoms with Gasteiger partial charge in [0.25, 0.3) is 0 Å². The van der Waals surface area contributed by atoms with Crippen LogP contribution in [-0.4, -0.2) is 23.2 Å². The van der Waals surface area contributed by atoms with Gasteiger partial charge in [0.05, 0.1) is 7.11 Å². The van der Waals surface area contributed by atoms with E-state index in [9.17, 15) is 9.59 Å². The van der Waals surface area contributed by atoms with Gasteiger partial charge in [0.15, 0.2) is 4.11 Å². The molecule has 0 bridgehead atoms. The number of methoxy groups -OCH3 is 1. The van der Waals surface area contributed by atoms with Crippen LogP contribution in [0.5, 0.6) is 0 Å². The molecule has 0 heterocycles. The van der Waals surface area contributed by atoms with Crippen LogP contribution in [0.4, 0.5) is 0 Å². The number of carbonyl (C=O) groups excluding carboxylic acids is 2. The van der Waals surface area contributed by atoms with E-state index in [0.29, 0.717) is 6.42 Å². The highest BCUT2D eigenvalue weighted by atomic mass is 127. The van der Waals surface area contributed by atoms with Crippen LogP contribution in [0.15, 0.2) is 12.7 Å². The summed E-state index contributed by atoms with van der Waals surface area (Å²) in [7, 11) is 1.22. The van der Waals surface area contributed by atoms with Gasteiger partial charge >= 0.3 is 11.9 Å². The smallest absolute Gasteiger partial charge is 0.318 e. The van der Waals surface area contributed by atoms with Crippen molar-refractivity contribution in [2.45, 2.75) is 17.0 Å². The van der Waals surface area contributed by atoms with Crippen LogP contribution in [0.3, 0.4) is 0 Å². The van der Waals surface area contributed by atoms with Gasteiger partial charge in [-0.15, -0.1) is 6.58 Å². The van der Waals surface area contributed by atoms with E-state index in [0.717, 1.165) is 0 Å². The lowest BCUT2D eigenvalue weighted by molar-refractivity contribution is -0.153. The lowest BCUT2D eigenvalue weighted by Crippen LogP contribution is -2.16. The minimum absolute atomic E-state index is 0.271. The SMILES string of the molecule is C=CCC(I)OC(=O)CC(=O)OC. The average Bonchev–Trinajstić information content (AvgIpc) is 2.04. The van der Waals surface area contributed by atoms with Crippen molar-refractivity contribution in [2.24, 2.45) is 0 Å². The van der Waals surface area contributed by atoms with Crippen molar-refractivity contribution in [1.29, 1.82) is 0 Å². The lowest BCUT2D eigenvalue weighted by atomic mass is 10.4. The van der Waals surface area contributed by atoms with Crippen LogP contribution in [0, 0.1) is 0 Å². The predicted molar refractivity (Wildman–Crippen MR) is 55.3 cm³/mol. The van der Waals surface area contributed by atoms with E-state index in [1.807, 2.05) is 22.6 Å². The summed E-state index contributed by atoms with van der Waals surface area (Å²) in [5.41, 5.74) is 0. The summed E-state index contributed by atoms with van der Waals surface area (Å²) in [5.74, 6) is -1.17. The van der Waals surface area contributed by atoms with Crippen LogP contribution >= 0.6 is 22.6 Å². The molecule has 0 aromatic carbocycles. The number of rotatable bonds is 5. The van der Waals surface area contributed by atoms with Crippen molar-refractivity contribution in [3.63, 3.8) is 0 Å². The monoisotopic (exact) mass is 298 g/mol. The zero-order valence-corrected chi connectivity index (χ0v) is 9.44. The Morgan fingerprint density at radius 2 is 2.15 bits per heavy atom. The van der Waals surface area contributed by atoms with Gasteiger partial charge in [-0.2, -0.15) is 0 Å². The quantitative estimate of drug-likeness (QED) is 0.253. The molecule has 0 radical (unpaired) electrons. The molecule has 0 spiro atoms. The summed E-state index contributed by atoms with van der Waals surface area (Å²) < 4.78 is 8.87. The van der Waals surface area contributed by atoms with Crippen molar-refractivity contribution in [3.05, 3.63) is 12.7 Å². The van der Waals surface area contributed by atoms with E-state index in [-0.39, 0.29) is 10.5 Å². The molecule has 1 unspecified atom stereocenters. The first-order valence-corrected chi connectivity index (χ1v) is 4.86. The fourth-order valence-corrected chi connectivity index (χ4v) is 1.20. The fraction of sp³-hybridized carbons (Fsp3) is 0.500. The van der Waals surface area contributed by atoms with Gasteiger partial charge in [-0.1, -0.05) is 6.08 Å². The molecule has 0 aliphatic rings. The highest BCUT2D eigenvalue weighted by molar-refractivity contribution is 14.1. The van der Waals surface area contributed by atoms with Crippen molar-refractivity contribution in [3.8, 4) is 0 Å². The Morgan fingerprint density at radius 1 is 1.54 bits per heavy atom. The minimum Gasteiger partial charge on any atom is -0.469 e. The predicted octanol–water partition coefficient (Wildman–Crippen LogP) is 1.43. The van der Waals surface area contributed by atoms with Gasteiger partial charge in [-0.05, 0) is 22.6 Å². The Bertz CT molecular complexity index is 202. The molecule has 0 aromatic rings. The number of carbonyl (C=O) groups is 2. The van der Waals surface area contributed by atoms with Crippen molar-refractivity contribution >= 4 is 34.5 Å². The summed E-state index contributed by atoms with van der Waals surface area (Å²) in [5, 5.41) is 0. The van der Waals surface area contributed by atoms with Gasteiger partial charge in [-0.25, -0.2) is 0 Å². The van der Waals surface area contributed by atoms with E-state index in [1.54, 1.807) is 6.08 Å². The largest absolute Gasteiger partial charge is 0.469 e. The number of hydrogen-bond acceptors (Lipinski definition) is 4. The summed E-state index contributed by atoms with van der Waals surface area (Å²) in [6, 6.07) is 0.